The lowest BCUT2D eigenvalue weighted by Crippen LogP contribution is -2.17. The molecule has 614 valence electrons. The SMILES string of the molecule is CCCCCC/C(=N\OC(C)=O)C(=O)c1ccc2c(c1)c1cc(C(=O)c3ccccc3C)ccc1n2CC.CCn1c2ccc(C(=O)/C(CCSc3ccc(C)cc3)=N\OC(C)=O)cc2c2cc(C(=O)c3ccccc3C)ccc21.CCn1c2ccc(C(=O)/C(CCc3ccc(Cl)cc3)=N/OC(C)=O)cc2c2cc(C(=O)c3ccccc3C)ccc21. The molecule has 14 aromatic rings. The largest absolute Gasteiger partial charge is 0.341 e. The number of hydrogen-bond acceptors (Lipinski definition) is 16. The van der Waals surface area contributed by atoms with Crippen molar-refractivity contribution in [2.75, 3.05) is 5.75 Å². The number of oxime groups is 3. The number of Topliss-reactive ketones (excluding diaryl/α,β-unsaturated/α-hetero) is 3. The molecule has 3 heterocycles. The zero-order chi connectivity index (χ0) is 86.1. The van der Waals surface area contributed by atoms with Crippen molar-refractivity contribution in [3.05, 3.63) is 313 Å². The first-order valence-corrected chi connectivity index (χ1v) is 42.0. The molecule has 0 amide bonds. The van der Waals surface area contributed by atoms with Crippen LogP contribution in [0.15, 0.2) is 251 Å². The minimum Gasteiger partial charge on any atom is -0.341 e. The van der Waals surface area contributed by atoms with Gasteiger partial charge in [0.25, 0.3) is 0 Å². The Labute approximate surface area is 712 Å². The van der Waals surface area contributed by atoms with Gasteiger partial charge < -0.3 is 28.2 Å². The van der Waals surface area contributed by atoms with E-state index in [0.29, 0.717) is 80.1 Å². The van der Waals surface area contributed by atoms with E-state index >= 15 is 0 Å². The van der Waals surface area contributed by atoms with E-state index in [2.05, 4.69) is 56.9 Å². The molecule has 0 bridgehead atoms. The highest BCUT2D eigenvalue weighted by Crippen LogP contribution is 2.37. The summed E-state index contributed by atoms with van der Waals surface area (Å²) in [6.45, 7) is 22.1. The van der Waals surface area contributed by atoms with Gasteiger partial charge in [-0.2, -0.15) is 0 Å². The van der Waals surface area contributed by atoms with E-state index in [0.717, 1.165) is 138 Å². The molecular formula is C101H95ClN6O12S. The Morgan fingerprint density at radius 2 is 0.661 bits per heavy atom. The number of carbonyl (C=O) groups is 9. The summed E-state index contributed by atoms with van der Waals surface area (Å²) in [7, 11) is 0. The summed E-state index contributed by atoms with van der Waals surface area (Å²) in [5.74, 6) is -2.15. The predicted octanol–water partition coefficient (Wildman–Crippen LogP) is 23.1. The molecule has 0 fully saturated rings. The summed E-state index contributed by atoms with van der Waals surface area (Å²) in [4.78, 5) is 131. The van der Waals surface area contributed by atoms with Crippen LogP contribution in [0.5, 0.6) is 0 Å². The van der Waals surface area contributed by atoms with E-state index in [1.54, 1.807) is 42.1 Å². The molecule has 11 aromatic carbocycles. The molecule has 0 unspecified atom stereocenters. The number of nitrogens with zero attached hydrogens (tertiary/aromatic N) is 6. The molecule has 20 heteroatoms. The summed E-state index contributed by atoms with van der Waals surface area (Å²) >= 11 is 7.61. The predicted molar refractivity (Wildman–Crippen MR) is 485 cm³/mol. The minimum atomic E-state index is -0.603. The number of aryl methyl sites for hydroxylation is 8. The van der Waals surface area contributed by atoms with Gasteiger partial charge in [0.15, 0.2) is 17.3 Å². The van der Waals surface area contributed by atoms with Crippen molar-refractivity contribution < 1.29 is 57.7 Å². The Hall–Kier alpha value is -13.1. The maximum Gasteiger partial charge on any atom is 0.331 e. The molecule has 0 aliphatic heterocycles. The highest BCUT2D eigenvalue weighted by atomic mass is 35.5. The number of carbonyl (C=O) groups excluding carboxylic acids is 9. The van der Waals surface area contributed by atoms with Crippen molar-refractivity contribution >= 4 is 159 Å². The second-order valence-electron chi connectivity index (χ2n) is 29.8. The van der Waals surface area contributed by atoms with Crippen LogP contribution >= 0.6 is 23.4 Å². The quantitative estimate of drug-likeness (QED) is 0.0102. The third kappa shape index (κ3) is 20.4. The van der Waals surface area contributed by atoms with Crippen LogP contribution in [-0.4, -0.2) is 89.2 Å². The average Bonchev–Trinajstić information content (AvgIpc) is 1.61. The van der Waals surface area contributed by atoms with Crippen LogP contribution in [-0.2, 0) is 55.0 Å². The summed E-state index contributed by atoms with van der Waals surface area (Å²) < 4.78 is 6.52. The lowest BCUT2D eigenvalue weighted by molar-refractivity contribution is -0.141. The fourth-order valence-electron chi connectivity index (χ4n) is 15.1. The van der Waals surface area contributed by atoms with Gasteiger partial charge in [0.05, 0.1) is 0 Å². The Kier molecular flexibility index (Phi) is 28.9. The van der Waals surface area contributed by atoms with Gasteiger partial charge in [0, 0.05) is 184 Å². The molecule has 121 heavy (non-hydrogen) atoms. The molecule has 0 spiro atoms. The van der Waals surface area contributed by atoms with Crippen molar-refractivity contribution in [2.24, 2.45) is 15.5 Å². The Morgan fingerprint density at radius 1 is 0.347 bits per heavy atom. The molecular weight excluding hydrogens is 1560 g/mol. The maximum atomic E-state index is 13.7. The number of unbranched alkanes of at least 4 members (excludes halogenated alkanes) is 3. The first kappa shape index (κ1) is 87.2. The van der Waals surface area contributed by atoms with Gasteiger partial charge in [-0.3, -0.25) is 28.8 Å². The van der Waals surface area contributed by atoms with Crippen molar-refractivity contribution in [2.45, 2.75) is 152 Å². The monoisotopic (exact) mass is 1650 g/mol. The van der Waals surface area contributed by atoms with Crippen molar-refractivity contribution in [1.82, 2.24) is 13.7 Å². The van der Waals surface area contributed by atoms with Gasteiger partial charge in [-0.05, 0) is 223 Å². The van der Waals surface area contributed by atoms with Crippen LogP contribution in [0.1, 0.15) is 200 Å². The topological polar surface area (TPSA) is 233 Å². The van der Waals surface area contributed by atoms with Gasteiger partial charge in [-0.25, -0.2) is 14.4 Å². The maximum absolute atomic E-state index is 13.7. The highest BCUT2D eigenvalue weighted by molar-refractivity contribution is 7.99. The number of ketones is 6. The second-order valence-corrected chi connectivity index (χ2v) is 31.4. The Morgan fingerprint density at radius 3 is 0.983 bits per heavy atom. The Bertz CT molecular complexity index is 6460. The molecule has 0 N–H and O–H groups in total. The number of hydrogen-bond donors (Lipinski definition) is 0. The van der Waals surface area contributed by atoms with Crippen molar-refractivity contribution in [1.29, 1.82) is 0 Å². The molecule has 14 rings (SSSR count). The zero-order valence-electron chi connectivity index (χ0n) is 69.8. The summed E-state index contributed by atoms with van der Waals surface area (Å²) in [6, 6.07) is 72.1. The van der Waals surface area contributed by atoms with E-state index in [1.807, 2.05) is 228 Å². The fraction of sp³-hybridized carbons (Fsp3) is 0.228. The molecule has 0 saturated carbocycles. The number of aromatic nitrogens is 3. The van der Waals surface area contributed by atoms with Crippen LogP contribution in [0, 0.1) is 27.7 Å². The number of fused-ring (bicyclic) bond motifs is 9. The third-order valence-corrected chi connectivity index (χ3v) is 22.7. The van der Waals surface area contributed by atoms with Crippen LogP contribution in [0.2, 0.25) is 5.02 Å². The average molecular weight is 1650 g/mol. The van der Waals surface area contributed by atoms with Gasteiger partial charge in [-0.15, -0.1) is 11.8 Å². The van der Waals surface area contributed by atoms with E-state index < -0.39 is 17.9 Å². The lowest BCUT2D eigenvalue weighted by atomic mass is 9.97. The van der Waals surface area contributed by atoms with Gasteiger partial charge >= 0.3 is 17.9 Å². The number of rotatable bonds is 30. The number of benzene rings is 11. The van der Waals surface area contributed by atoms with E-state index in [4.69, 9.17) is 26.1 Å². The van der Waals surface area contributed by atoms with Gasteiger partial charge in [-0.1, -0.05) is 156 Å². The van der Waals surface area contributed by atoms with Crippen LogP contribution in [0.3, 0.4) is 0 Å². The van der Waals surface area contributed by atoms with Crippen LogP contribution in [0.25, 0.3) is 65.4 Å². The number of halogens is 1. The van der Waals surface area contributed by atoms with E-state index in [1.165, 1.54) is 26.3 Å². The first-order valence-electron chi connectivity index (χ1n) is 40.7. The Balaban J connectivity index is 0.000000166. The zero-order valence-corrected chi connectivity index (χ0v) is 71.4. The molecule has 18 nitrogen and oxygen atoms in total. The van der Waals surface area contributed by atoms with Gasteiger partial charge in [0.1, 0.15) is 17.1 Å². The lowest BCUT2D eigenvalue weighted by Gasteiger charge is -2.07. The molecule has 3 aromatic heterocycles. The number of thioether (sulfide) groups is 1. The van der Waals surface area contributed by atoms with Gasteiger partial charge in [0.2, 0.25) is 17.3 Å². The second kappa shape index (κ2) is 40.1. The summed E-state index contributed by atoms with van der Waals surface area (Å²) in [6.07, 6.45) is 5.48. The molecule has 0 radical (unpaired) electrons. The smallest absolute Gasteiger partial charge is 0.331 e. The van der Waals surface area contributed by atoms with Crippen LogP contribution in [0.4, 0.5) is 0 Å². The normalized spacial score (nSPS) is 11.7. The first-order chi connectivity index (χ1) is 58.4. The standard InChI is InChI=1S/C35H32N2O4S.C34H29ClN2O4.C32H34N2O4/c1-5-37-32-16-12-25(34(39)28-9-7-6-8-23(28)3)20-29(32)30-21-26(13-17-33(30)37)35(40)31(36-41-24(4)38)18-19-42-27-14-10-22(2)11-15-27;1-4-37-31-17-12-24(33(39)27-8-6-5-7-21(27)2)19-28(31)29-20-25(13-18-32(29)37)34(40)30(36-41-22(3)38)16-11-23-9-14-26(35)15-10-23;1-5-7-8-9-14-28(33-38-22(4)35)32(37)24-16-18-30-27(20-24)26-19-23(15-17-29(26)34(30)6-2)31(36)25-13-11-10-12-21(25)3/h6-17,20-21H,5,18-19H2,1-4H3;5-10,12-15,17-20H,4,11,16H2,1-3H3;10-13,15-20H,5-9,14H2,1-4H3/b36-31-;36-30+;33-28+. The van der Waals surface area contributed by atoms with E-state index in [9.17, 15) is 43.2 Å². The van der Waals surface area contributed by atoms with Crippen molar-refractivity contribution in [3.8, 4) is 0 Å². The summed E-state index contributed by atoms with van der Waals surface area (Å²) in [5, 5.41) is 17.7. The molecule has 0 saturated heterocycles. The third-order valence-electron chi connectivity index (χ3n) is 21.4. The van der Waals surface area contributed by atoms with E-state index in [-0.39, 0.29) is 58.3 Å². The highest BCUT2D eigenvalue weighted by Gasteiger charge is 2.26. The molecule has 0 aliphatic carbocycles. The van der Waals surface area contributed by atoms with Crippen LogP contribution < -0.4 is 0 Å². The fourth-order valence-corrected chi connectivity index (χ4v) is 16.1. The minimum absolute atomic E-state index is 0.0301. The van der Waals surface area contributed by atoms with Crippen molar-refractivity contribution in [3.63, 3.8) is 0 Å². The molecule has 0 atom stereocenters. The summed E-state index contributed by atoms with van der Waals surface area (Å²) in [5.41, 5.74) is 16.5. The molecule has 0 aliphatic rings.